The quantitative estimate of drug-likeness (QED) is 0.780. The molecule has 0 fully saturated rings. The molecule has 0 amide bonds. The molecule has 0 radical (unpaired) electrons. The van der Waals surface area contributed by atoms with Crippen molar-refractivity contribution in [3.8, 4) is 5.69 Å². The van der Waals surface area contributed by atoms with E-state index in [2.05, 4.69) is 27.4 Å². The second-order valence-corrected chi connectivity index (χ2v) is 4.75. The van der Waals surface area contributed by atoms with Crippen molar-refractivity contribution in [2.75, 3.05) is 5.32 Å². The van der Waals surface area contributed by atoms with Gasteiger partial charge in [-0.15, -0.1) is 11.3 Å². The van der Waals surface area contributed by atoms with Gasteiger partial charge in [-0.1, -0.05) is 12.1 Å². The SMILES string of the molecule is c1ccc(-n2ccnc2)c(NCc2nccs2)c1. The van der Waals surface area contributed by atoms with Crippen molar-refractivity contribution >= 4 is 17.0 Å². The predicted molar refractivity (Wildman–Crippen MR) is 73.0 cm³/mol. The average molecular weight is 256 g/mol. The maximum atomic E-state index is 4.26. The predicted octanol–water partition coefficient (Wildman–Crippen LogP) is 2.94. The van der Waals surface area contributed by atoms with Crippen LogP contribution in [0.4, 0.5) is 5.69 Å². The zero-order valence-electron chi connectivity index (χ0n) is 9.65. The number of nitrogens with one attached hydrogen (secondary N) is 1. The van der Waals surface area contributed by atoms with Crippen LogP contribution < -0.4 is 5.32 Å². The first-order chi connectivity index (χ1) is 8.93. The number of hydrogen-bond acceptors (Lipinski definition) is 4. The van der Waals surface area contributed by atoms with Crippen molar-refractivity contribution in [2.24, 2.45) is 0 Å². The van der Waals surface area contributed by atoms with Crippen molar-refractivity contribution in [3.05, 3.63) is 59.6 Å². The number of hydrogen-bond donors (Lipinski definition) is 1. The van der Waals surface area contributed by atoms with Gasteiger partial charge in [-0.2, -0.15) is 0 Å². The Hall–Kier alpha value is -2.14. The van der Waals surface area contributed by atoms with Crippen LogP contribution in [0.2, 0.25) is 0 Å². The number of thiazole rings is 1. The highest BCUT2D eigenvalue weighted by molar-refractivity contribution is 7.09. The third kappa shape index (κ3) is 2.26. The molecule has 0 aliphatic carbocycles. The molecule has 0 saturated heterocycles. The molecule has 3 aromatic rings. The fourth-order valence-corrected chi connectivity index (χ4v) is 2.32. The first kappa shape index (κ1) is 11.0. The summed E-state index contributed by atoms with van der Waals surface area (Å²) < 4.78 is 1.99. The van der Waals surface area contributed by atoms with Crippen molar-refractivity contribution in [1.29, 1.82) is 0 Å². The fourth-order valence-electron chi connectivity index (χ4n) is 1.76. The van der Waals surface area contributed by atoms with E-state index < -0.39 is 0 Å². The molecule has 0 saturated carbocycles. The Bertz CT molecular complexity index is 602. The first-order valence-electron chi connectivity index (χ1n) is 5.63. The lowest BCUT2D eigenvalue weighted by molar-refractivity contribution is 1.04. The molecular weight excluding hydrogens is 244 g/mol. The molecule has 0 spiro atoms. The van der Waals surface area contributed by atoms with E-state index in [9.17, 15) is 0 Å². The van der Waals surface area contributed by atoms with Gasteiger partial charge in [-0.25, -0.2) is 9.97 Å². The van der Waals surface area contributed by atoms with Crippen molar-refractivity contribution < 1.29 is 0 Å². The normalized spacial score (nSPS) is 10.4. The highest BCUT2D eigenvalue weighted by atomic mass is 32.1. The molecule has 1 N–H and O–H groups in total. The molecule has 0 atom stereocenters. The number of aromatic nitrogens is 3. The minimum atomic E-state index is 0.739. The maximum Gasteiger partial charge on any atom is 0.112 e. The molecule has 0 bridgehead atoms. The summed E-state index contributed by atoms with van der Waals surface area (Å²) >= 11 is 1.65. The standard InChI is InChI=1S/C13H12N4S/c1-2-4-12(17-7-5-14-10-17)11(3-1)16-9-13-15-6-8-18-13/h1-8,10,16H,9H2. The molecule has 3 rings (SSSR count). The number of imidazole rings is 1. The summed E-state index contributed by atoms with van der Waals surface area (Å²) in [6.07, 6.45) is 7.33. The molecule has 18 heavy (non-hydrogen) atoms. The van der Waals surface area contributed by atoms with Gasteiger partial charge in [0.2, 0.25) is 0 Å². The first-order valence-corrected chi connectivity index (χ1v) is 6.51. The molecule has 90 valence electrons. The van der Waals surface area contributed by atoms with Gasteiger partial charge >= 0.3 is 0 Å². The third-order valence-corrected chi connectivity index (χ3v) is 3.38. The van der Waals surface area contributed by atoms with Crippen LogP contribution in [0.15, 0.2) is 54.6 Å². The van der Waals surface area contributed by atoms with Gasteiger partial charge in [0, 0.05) is 24.0 Å². The lowest BCUT2D eigenvalue weighted by atomic mass is 10.2. The van der Waals surface area contributed by atoms with E-state index in [0.29, 0.717) is 0 Å². The van der Waals surface area contributed by atoms with Gasteiger partial charge in [-0.05, 0) is 12.1 Å². The molecule has 0 aliphatic rings. The summed E-state index contributed by atoms with van der Waals surface area (Å²) in [6.45, 7) is 0.739. The van der Waals surface area contributed by atoms with Crippen LogP contribution in [-0.4, -0.2) is 14.5 Å². The van der Waals surface area contributed by atoms with Gasteiger partial charge in [0.1, 0.15) is 5.01 Å². The summed E-state index contributed by atoms with van der Waals surface area (Å²) in [6, 6.07) is 8.16. The lowest BCUT2D eigenvalue weighted by Gasteiger charge is -2.11. The number of para-hydroxylation sites is 2. The van der Waals surface area contributed by atoms with Crippen LogP contribution >= 0.6 is 11.3 Å². The Morgan fingerprint density at radius 1 is 1.22 bits per heavy atom. The molecule has 0 aliphatic heterocycles. The smallest absolute Gasteiger partial charge is 0.112 e. The topological polar surface area (TPSA) is 42.7 Å². The molecule has 2 heterocycles. The van der Waals surface area contributed by atoms with Gasteiger partial charge in [0.05, 0.1) is 24.2 Å². The van der Waals surface area contributed by atoms with Crippen molar-refractivity contribution in [2.45, 2.75) is 6.54 Å². The molecule has 0 unspecified atom stereocenters. The van der Waals surface area contributed by atoms with Crippen LogP contribution in [-0.2, 0) is 6.54 Å². The van der Waals surface area contributed by atoms with E-state index in [0.717, 1.165) is 22.9 Å². The van der Waals surface area contributed by atoms with Crippen LogP contribution in [0.3, 0.4) is 0 Å². The van der Waals surface area contributed by atoms with Crippen LogP contribution in [0.25, 0.3) is 5.69 Å². The Labute approximate surface area is 109 Å². The van der Waals surface area contributed by atoms with Crippen LogP contribution in [0.5, 0.6) is 0 Å². The van der Waals surface area contributed by atoms with E-state index in [1.807, 2.05) is 34.5 Å². The highest BCUT2D eigenvalue weighted by Gasteiger charge is 2.03. The molecule has 4 nitrogen and oxygen atoms in total. The zero-order valence-corrected chi connectivity index (χ0v) is 10.5. The minimum Gasteiger partial charge on any atom is -0.377 e. The summed E-state index contributed by atoms with van der Waals surface area (Å²) in [7, 11) is 0. The zero-order chi connectivity index (χ0) is 12.2. The Morgan fingerprint density at radius 3 is 2.94 bits per heavy atom. The van der Waals surface area contributed by atoms with E-state index in [-0.39, 0.29) is 0 Å². The van der Waals surface area contributed by atoms with Gasteiger partial charge in [0.15, 0.2) is 0 Å². The number of anilines is 1. The Morgan fingerprint density at radius 2 is 2.17 bits per heavy atom. The van der Waals surface area contributed by atoms with E-state index in [1.165, 1.54) is 0 Å². The average Bonchev–Trinajstić information content (AvgIpc) is 3.10. The highest BCUT2D eigenvalue weighted by Crippen LogP contribution is 2.20. The second kappa shape index (κ2) is 5.01. The summed E-state index contributed by atoms with van der Waals surface area (Å²) in [4.78, 5) is 8.34. The monoisotopic (exact) mass is 256 g/mol. The van der Waals surface area contributed by atoms with E-state index in [4.69, 9.17) is 0 Å². The molecule has 1 aromatic carbocycles. The van der Waals surface area contributed by atoms with Gasteiger partial charge in [-0.3, -0.25) is 0 Å². The molecular formula is C13H12N4S. The fraction of sp³-hybridized carbons (Fsp3) is 0.0769. The number of benzene rings is 1. The summed E-state index contributed by atoms with van der Waals surface area (Å²) in [5, 5.41) is 6.47. The van der Waals surface area contributed by atoms with Gasteiger partial charge < -0.3 is 9.88 Å². The third-order valence-electron chi connectivity index (χ3n) is 2.60. The van der Waals surface area contributed by atoms with Crippen molar-refractivity contribution in [3.63, 3.8) is 0 Å². The lowest BCUT2D eigenvalue weighted by Crippen LogP contribution is -2.03. The molecule has 2 aromatic heterocycles. The van der Waals surface area contributed by atoms with Crippen molar-refractivity contribution in [1.82, 2.24) is 14.5 Å². The maximum absolute atomic E-state index is 4.26. The minimum absolute atomic E-state index is 0.739. The summed E-state index contributed by atoms with van der Waals surface area (Å²) in [5.74, 6) is 0. The Kier molecular flexibility index (Phi) is 3.06. The number of nitrogens with zero attached hydrogens (tertiary/aromatic N) is 3. The van der Waals surface area contributed by atoms with E-state index in [1.54, 1.807) is 23.9 Å². The molecule has 5 heteroatoms. The largest absolute Gasteiger partial charge is 0.377 e. The summed E-state index contributed by atoms with van der Waals surface area (Å²) in [5.41, 5.74) is 2.16. The van der Waals surface area contributed by atoms with Crippen LogP contribution in [0.1, 0.15) is 5.01 Å². The van der Waals surface area contributed by atoms with E-state index >= 15 is 0 Å². The van der Waals surface area contributed by atoms with Gasteiger partial charge in [0.25, 0.3) is 0 Å². The Balaban J connectivity index is 1.84. The second-order valence-electron chi connectivity index (χ2n) is 3.77. The number of rotatable bonds is 4. The van der Waals surface area contributed by atoms with Crippen LogP contribution in [0, 0.1) is 0 Å².